The summed E-state index contributed by atoms with van der Waals surface area (Å²) in [5, 5.41) is 3.52. The zero-order valence-corrected chi connectivity index (χ0v) is 9.83. The lowest BCUT2D eigenvalue weighted by atomic mass is 10.0. The molecule has 1 saturated heterocycles. The van der Waals surface area contributed by atoms with Gasteiger partial charge in [-0.25, -0.2) is 0 Å². The molecule has 15 heavy (non-hydrogen) atoms. The number of amides is 1. The Morgan fingerprint density at radius 2 is 2.13 bits per heavy atom. The molecule has 1 aliphatic heterocycles. The first-order valence-corrected chi connectivity index (χ1v) is 5.92. The molecular weight excluding hydrogens is 190 g/mol. The molecule has 4 heteroatoms. The number of carbonyl (C=O) groups is 1. The van der Waals surface area contributed by atoms with E-state index in [0.29, 0.717) is 6.04 Å². The highest BCUT2D eigenvalue weighted by atomic mass is 16.1. The van der Waals surface area contributed by atoms with E-state index in [2.05, 4.69) is 17.1 Å². The molecule has 0 aromatic carbocycles. The zero-order chi connectivity index (χ0) is 11.3. The molecule has 1 fully saturated rings. The Bertz CT molecular complexity index is 200. The van der Waals surface area contributed by atoms with Crippen molar-refractivity contribution in [3.8, 4) is 0 Å². The first-order chi connectivity index (χ1) is 7.15. The van der Waals surface area contributed by atoms with Crippen molar-refractivity contribution in [3.05, 3.63) is 0 Å². The Kier molecular flexibility index (Phi) is 5.05. The third-order valence-corrected chi connectivity index (χ3v) is 3.17. The molecule has 1 aliphatic rings. The molecule has 1 heterocycles. The van der Waals surface area contributed by atoms with Crippen LogP contribution in [0.2, 0.25) is 0 Å². The standard InChI is InChI=1S/C11H23N3O/c1-3-6-13-10-4-7-14(8-5-10)9(2)11(12)15/h9-10,13H,3-8H2,1-2H3,(H2,12,15). The van der Waals surface area contributed by atoms with Crippen LogP contribution in [0.5, 0.6) is 0 Å². The smallest absolute Gasteiger partial charge is 0.234 e. The van der Waals surface area contributed by atoms with Crippen LogP contribution in [0.1, 0.15) is 33.1 Å². The van der Waals surface area contributed by atoms with Crippen LogP contribution in [-0.2, 0) is 4.79 Å². The van der Waals surface area contributed by atoms with Crippen LogP contribution >= 0.6 is 0 Å². The monoisotopic (exact) mass is 213 g/mol. The second-order valence-corrected chi connectivity index (χ2v) is 4.34. The fourth-order valence-corrected chi connectivity index (χ4v) is 2.02. The van der Waals surface area contributed by atoms with Gasteiger partial charge in [-0.1, -0.05) is 6.92 Å². The summed E-state index contributed by atoms with van der Waals surface area (Å²) < 4.78 is 0. The summed E-state index contributed by atoms with van der Waals surface area (Å²) in [4.78, 5) is 13.2. The van der Waals surface area contributed by atoms with Crippen LogP contribution in [0.4, 0.5) is 0 Å². The van der Waals surface area contributed by atoms with E-state index < -0.39 is 0 Å². The van der Waals surface area contributed by atoms with E-state index in [-0.39, 0.29) is 11.9 Å². The molecule has 1 rings (SSSR count). The number of nitrogens with one attached hydrogen (secondary N) is 1. The molecule has 3 N–H and O–H groups in total. The Balaban J connectivity index is 2.26. The summed E-state index contributed by atoms with van der Waals surface area (Å²) in [5.41, 5.74) is 5.29. The molecule has 0 aromatic rings. The highest BCUT2D eigenvalue weighted by molar-refractivity contribution is 5.79. The van der Waals surface area contributed by atoms with Gasteiger partial charge in [0.1, 0.15) is 0 Å². The molecule has 88 valence electrons. The molecule has 0 saturated carbocycles. The molecule has 0 aliphatic carbocycles. The maximum absolute atomic E-state index is 11.0. The molecule has 4 nitrogen and oxygen atoms in total. The molecule has 0 aromatic heterocycles. The molecule has 1 atom stereocenters. The van der Waals surface area contributed by atoms with Gasteiger partial charge in [0.2, 0.25) is 5.91 Å². The fourth-order valence-electron chi connectivity index (χ4n) is 2.02. The molecule has 0 spiro atoms. The predicted octanol–water partition coefficient (Wildman–Crippen LogP) is 0.324. The highest BCUT2D eigenvalue weighted by Gasteiger charge is 2.24. The van der Waals surface area contributed by atoms with Crippen molar-refractivity contribution in [1.82, 2.24) is 10.2 Å². The number of hydrogen-bond donors (Lipinski definition) is 2. The van der Waals surface area contributed by atoms with Crippen LogP contribution in [0, 0.1) is 0 Å². The van der Waals surface area contributed by atoms with Gasteiger partial charge in [0.15, 0.2) is 0 Å². The average molecular weight is 213 g/mol. The van der Waals surface area contributed by atoms with E-state index in [1.54, 1.807) is 0 Å². The number of primary amides is 1. The fraction of sp³-hybridized carbons (Fsp3) is 0.909. The normalized spacial score (nSPS) is 21.5. The summed E-state index contributed by atoms with van der Waals surface area (Å²) in [6.45, 7) is 7.12. The summed E-state index contributed by atoms with van der Waals surface area (Å²) >= 11 is 0. The molecular formula is C11H23N3O. The van der Waals surface area contributed by atoms with Gasteiger partial charge in [-0.3, -0.25) is 9.69 Å². The molecule has 0 bridgehead atoms. The van der Waals surface area contributed by atoms with Crippen LogP contribution < -0.4 is 11.1 Å². The summed E-state index contributed by atoms with van der Waals surface area (Å²) in [6.07, 6.45) is 3.42. The van der Waals surface area contributed by atoms with Gasteiger partial charge in [-0.05, 0) is 32.7 Å². The van der Waals surface area contributed by atoms with Crippen LogP contribution in [0.15, 0.2) is 0 Å². The third kappa shape index (κ3) is 3.80. The van der Waals surface area contributed by atoms with E-state index in [0.717, 1.165) is 32.5 Å². The number of nitrogens with two attached hydrogens (primary N) is 1. The van der Waals surface area contributed by atoms with Gasteiger partial charge in [0, 0.05) is 19.1 Å². The SMILES string of the molecule is CCCNC1CCN(C(C)C(N)=O)CC1. The minimum absolute atomic E-state index is 0.114. The van der Waals surface area contributed by atoms with E-state index in [1.165, 1.54) is 6.42 Å². The Morgan fingerprint density at radius 3 is 2.60 bits per heavy atom. The number of piperidine rings is 1. The number of carbonyl (C=O) groups excluding carboxylic acids is 1. The van der Waals surface area contributed by atoms with Gasteiger partial charge >= 0.3 is 0 Å². The molecule has 0 radical (unpaired) electrons. The van der Waals surface area contributed by atoms with Gasteiger partial charge in [0.05, 0.1) is 6.04 Å². The predicted molar refractivity (Wildman–Crippen MR) is 61.5 cm³/mol. The van der Waals surface area contributed by atoms with Gasteiger partial charge in [0.25, 0.3) is 0 Å². The average Bonchev–Trinajstić information content (AvgIpc) is 2.26. The largest absolute Gasteiger partial charge is 0.368 e. The lowest BCUT2D eigenvalue weighted by Crippen LogP contribution is -2.49. The van der Waals surface area contributed by atoms with Gasteiger partial charge in [-0.15, -0.1) is 0 Å². The maximum Gasteiger partial charge on any atom is 0.234 e. The lowest BCUT2D eigenvalue weighted by molar-refractivity contribution is -0.123. The van der Waals surface area contributed by atoms with E-state index >= 15 is 0 Å². The van der Waals surface area contributed by atoms with Crippen molar-refractivity contribution in [2.24, 2.45) is 5.73 Å². The minimum atomic E-state index is -0.213. The topological polar surface area (TPSA) is 58.4 Å². The quantitative estimate of drug-likeness (QED) is 0.691. The lowest BCUT2D eigenvalue weighted by Gasteiger charge is -2.35. The summed E-state index contributed by atoms with van der Waals surface area (Å²) in [5.74, 6) is -0.213. The third-order valence-electron chi connectivity index (χ3n) is 3.17. The zero-order valence-electron chi connectivity index (χ0n) is 9.83. The molecule has 1 amide bonds. The van der Waals surface area contributed by atoms with Crippen LogP contribution in [-0.4, -0.2) is 42.5 Å². The number of rotatable bonds is 5. The summed E-state index contributed by atoms with van der Waals surface area (Å²) in [6, 6.07) is 0.512. The second-order valence-electron chi connectivity index (χ2n) is 4.34. The van der Waals surface area contributed by atoms with E-state index in [9.17, 15) is 4.79 Å². The maximum atomic E-state index is 11.0. The number of nitrogens with zero attached hydrogens (tertiary/aromatic N) is 1. The summed E-state index contributed by atoms with van der Waals surface area (Å²) in [7, 11) is 0. The van der Waals surface area contributed by atoms with Crippen molar-refractivity contribution in [1.29, 1.82) is 0 Å². The van der Waals surface area contributed by atoms with Crippen molar-refractivity contribution < 1.29 is 4.79 Å². The van der Waals surface area contributed by atoms with Gasteiger partial charge in [-0.2, -0.15) is 0 Å². The van der Waals surface area contributed by atoms with Crippen molar-refractivity contribution >= 4 is 5.91 Å². The first-order valence-electron chi connectivity index (χ1n) is 5.92. The van der Waals surface area contributed by atoms with Crippen molar-refractivity contribution in [2.45, 2.75) is 45.2 Å². The molecule has 1 unspecified atom stereocenters. The second kappa shape index (κ2) is 6.08. The van der Waals surface area contributed by atoms with Crippen LogP contribution in [0.3, 0.4) is 0 Å². The Hall–Kier alpha value is -0.610. The van der Waals surface area contributed by atoms with Crippen LogP contribution in [0.25, 0.3) is 0 Å². The highest BCUT2D eigenvalue weighted by Crippen LogP contribution is 2.12. The number of hydrogen-bond acceptors (Lipinski definition) is 3. The van der Waals surface area contributed by atoms with Crippen molar-refractivity contribution in [3.63, 3.8) is 0 Å². The first kappa shape index (κ1) is 12.5. The minimum Gasteiger partial charge on any atom is -0.368 e. The Labute approximate surface area is 92.2 Å². The Morgan fingerprint density at radius 1 is 1.53 bits per heavy atom. The van der Waals surface area contributed by atoms with Gasteiger partial charge < -0.3 is 11.1 Å². The number of likely N-dealkylation sites (tertiary alicyclic amines) is 1. The van der Waals surface area contributed by atoms with E-state index in [1.807, 2.05) is 6.92 Å². The van der Waals surface area contributed by atoms with Crippen molar-refractivity contribution in [2.75, 3.05) is 19.6 Å². The van der Waals surface area contributed by atoms with E-state index in [4.69, 9.17) is 5.73 Å².